The Morgan fingerprint density at radius 2 is 1.73 bits per heavy atom. The van der Waals surface area contributed by atoms with Gasteiger partial charge in [-0.3, -0.25) is 0 Å². The summed E-state index contributed by atoms with van der Waals surface area (Å²) in [7, 11) is 2.68. The molecule has 4 nitrogen and oxygen atoms in total. The highest BCUT2D eigenvalue weighted by Gasteiger charge is 2.02. The van der Waals surface area contributed by atoms with Crippen LogP contribution in [-0.2, 0) is 13.1 Å². The van der Waals surface area contributed by atoms with E-state index in [-0.39, 0.29) is 0 Å². The zero-order valence-electron chi connectivity index (χ0n) is 12.9. The molecule has 0 unspecified atom stereocenters. The van der Waals surface area contributed by atoms with Gasteiger partial charge in [0.05, 0.1) is 13.7 Å². The van der Waals surface area contributed by atoms with E-state index >= 15 is 0 Å². The number of aliphatic hydroxyl groups excluding tert-OH is 1. The maximum Gasteiger partial charge on any atom is 0.134 e. The molecule has 0 saturated heterocycles. The van der Waals surface area contributed by atoms with Crippen molar-refractivity contribution in [1.82, 2.24) is 5.32 Å². The lowest BCUT2D eigenvalue weighted by molar-refractivity contribution is 0.399. The minimum Gasteiger partial charge on any atom is -0.497 e. The Morgan fingerprint density at radius 3 is 2.41 bits per heavy atom. The first-order valence-corrected chi connectivity index (χ1v) is 7.11. The van der Waals surface area contributed by atoms with Crippen LogP contribution >= 0.6 is 0 Å². The van der Waals surface area contributed by atoms with Crippen molar-refractivity contribution >= 4 is 11.0 Å². The Kier molecular flexibility index (Phi) is 6.01. The zero-order valence-corrected chi connectivity index (χ0v) is 12.9. The fraction of sp³-hybridized carbons (Fsp3) is 0.222. The predicted molar refractivity (Wildman–Crippen MR) is 87.9 cm³/mol. The molecule has 22 heavy (non-hydrogen) atoms. The Balaban J connectivity index is 0.000000847. The van der Waals surface area contributed by atoms with Gasteiger partial charge >= 0.3 is 0 Å². The molecule has 3 rings (SSSR count). The van der Waals surface area contributed by atoms with Gasteiger partial charge in [-0.15, -0.1) is 0 Å². The van der Waals surface area contributed by atoms with Gasteiger partial charge in [0.1, 0.15) is 17.1 Å². The molecule has 0 atom stereocenters. The molecule has 0 spiro atoms. The van der Waals surface area contributed by atoms with Crippen molar-refractivity contribution in [3.05, 3.63) is 65.9 Å². The molecule has 3 aromatic rings. The fourth-order valence-corrected chi connectivity index (χ4v) is 2.20. The number of ether oxygens (including phenoxy) is 1. The second kappa shape index (κ2) is 8.22. The lowest BCUT2D eigenvalue weighted by Gasteiger charge is -2.04. The fourth-order valence-electron chi connectivity index (χ4n) is 2.20. The van der Waals surface area contributed by atoms with E-state index in [9.17, 15) is 0 Å². The van der Waals surface area contributed by atoms with Crippen LogP contribution in [0, 0.1) is 0 Å². The Morgan fingerprint density at radius 1 is 1.00 bits per heavy atom. The molecule has 2 N–H and O–H groups in total. The van der Waals surface area contributed by atoms with E-state index < -0.39 is 0 Å². The van der Waals surface area contributed by atoms with E-state index in [2.05, 4.69) is 29.6 Å². The molecular weight excluding hydrogens is 278 g/mol. The molecule has 1 heterocycles. The van der Waals surface area contributed by atoms with Crippen LogP contribution in [0.3, 0.4) is 0 Å². The second-order valence-corrected chi connectivity index (χ2v) is 4.70. The molecule has 4 heteroatoms. The average molecular weight is 299 g/mol. The Labute approximate surface area is 130 Å². The average Bonchev–Trinajstić information content (AvgIpc) is 3.00. The number of benzene rings is 2. The maximum atomic E-state index is 7.00. The van der Waals surface area contributed by atoms with Crippen LogP contribution in [0.1, 0.15) is 11.3 Å². The normalized spacial score (nSPS) is 10.1. The molecule has 2 aromatic carbocycles. The standard InChI is InChI=1S/C17H17NO2.CH4O/c1-19-15-8-6-13(7-9-15)11-18-12-16-10-14-4-2-3-5-17(14)20-16;1-2/h2-10,18H,11-12H2,1H3;2H,1H3. The number of nitrogens with one attached hydrogen (secondary N) is 1. The summed E-state index contributed by atoms with van der Waals surface area (Å²) < 4.78 is 10.9. The molecule has 0 fully saturated rings. The van der Waals surface area contributed by atoms with Crippen molar-refractivity contribution in [2.75, 3.05) is 14.2 Å². The first kappa shape index (κ1) is 16.1. The first-order valence-electron chi connectivity index (χ1n) is 7.11. The molecule has 0 aliphatic heterocycles. The minimum atomic E-state index is 0.723. The number of fused-ring (bicyclic) bond motifs is 1. The van der Waals surface area contributed by atoms with Crippen LogP contribution in [-0.4, -0.2) is 19.3 Å². The number of hydrogen-bond acceptors (Lipinski definition) is 4. The first-order chi connectivity index (χ1) is 10.8. The van der Waals surface area contributed by atoms with Gasteiger partial charge in [-0.2, -0.15) is 0 Å². The number of furan rings is 1. The highest BCUT2D eigenvalue weighted by Crippen LogP contribution is 2.18. The summed E-state index contributed by atoms with van der Waals surface area (Å²) in [6.07, 6.45) is 0. The quantitative estimate of drug-likeness (QED) is 0.758. The van der Waals surface area contributed by atoms with Gasteiger partial charge in [-0.05, 0) is 29.8 Å². The van der Waals surface area contributed by atoms with Gasteiger partial charge < -0.3 is 19.6 Å². The van der Waals surface area contributed by atoms with Gasteiger partial charge in [-0.25, -0.2) is 0 Å². The summed E-state index contributed by atoms with van der Waals surface area (Å²) in [5.74, 6) is 1.84. The molecular formula is C18H21NO3. The Hall–Kier alpha value is -2.30. The second-order valence-electron chi connectivity index (χ2n) is 4.70. The summed E-state index contributed by atoms with van der Waals surface area (Å²) in [5.41, 5.74) is 2.16. The van der Waals surface area contributed by atoms with Crippen LogP contribution in [0.15, 0.2) is 59.0 Å². The summed E-state index contributed by atoms with van der Waals surface area (Å²) in [4.78, 5) is 0. The number of rotatable bonds is 5. The monoisotopic (exact) mass is 299 g/mol. The van der Waals surface area contributed by atoms with Gasteiger partial charge in [0.25, 0.3) is 0 Å². The largest absolute Gasteiger partial charge is 0.497 e. The number of aliphatic hydroxyl groups is 1. The van der Waals surface area contributed by atoms with E-state index in [1.54, 1.807) is 7.11 Å². The summed E-state index contributed by atoms with van der Waals surface area (Å²) in [6.45, 7) is 1.53. The number of hydrogen-bond donors (Lipinski definition) is 2. The smallest absolute Gasteiger partial charge is 0.134 e. The summed E-state index contributed by atoms with van der Waals surface area (Å²) in [6, 6.07) is 18.2. The Bertz CT molecular complexity index is 656. The van der Waals surface area contributed by atoms with Crippen LogP contribution in [0.25, 0.3) is 11.0 Å². The van der Waals surface area contributed by atoms with Crippen LogP contribution in [0.2, 0.25) is 0 Å². The van der Waals surface area contributed by atoms with Crippen molar-refractivity contribution in [1.29, 1.82) is 0 Å². The molecule has 0 bridgehead atoms. The van der Waals surface area contributed by atoms with Crippen molar-refractivity contribution in [3.8, 4) is 5.75 Å². The van der Waals surface area contributed by atoms with Gasteiger partial charge in [-0.1, -0.05) is 30.3 Å². The molecule has 0 aliphatic carbocycles. The molecule has 0 aliphatic rings. The van der Waals surface area contributed by atoms with E-state index in [4.69, 9.17) is 14.3 Å². The SMILES string of the molecule is CO.COc1ccc(CNCc2cc3ccccc3o2)cc1. The van der Waals surface area contributed by atoms with Gasteiger partial charge in [0, 0.05) is 19.0 Å². The number of para-hydroxylation sites is 1. The molecule has 0 amide bonds. The number of methoxy groups -OCH3 is 1. The maximum absolute atomic E-state index is 7.00. The van der Waals surface area contributed by atoms with E-state index in [1.807, 2.05) is 30.3 Å². The van der Waals surface area contributed by atoms with E-state index in [1.165, 1.54) is 5.56 Å². The molecule has 0 saturated carbocycles. The van der Waals surface area contributed by atoms with E-state index in [0.717, 1.165) is 42.7 Å². The lowest BCUT2D eigenvalue weighted by Crippen LogP contribution is -2.11. The highest BCUT2D eigenvalue weighted by atomic mass is 16.5. The summed E-state index contributed by atoms with van der Waals surface area (Å²) >= 11 is 0. The third-order valence-electron chi connectivity index (χ3n) is 3.26. The van der Waals surface area contributed by atoms with Crippen LogP contribution in [0.4, 0.5) is 0 Å². The minimum absolute atomic E-state index is 0.723. The predicted octanol–water partition coefficient (Wildman–Crippen LogP) is 3.34. The zero-order chi connectivity index (χ0) is 15.8. The molecule has 0 radical (unpaired) electrons. The van der Waals surface area contributed by atoms with Crippen molar-refractivity contribution in [3.63, 3.8) is 0 Å². The highest BCUT2D eigenvalue weighted by molar-refractivity contribution is 5.77. The summed E-state index contributed by atoms with van der Waals surface area (Å²) in [5, 5.41) is 11.5. The topological polar surface area (TPSA) is 54.6 Å². The molecule has 116 valence electrons. The molecule has 1 aromatic heterocycles. The van der Waals surface area contributed by atoms with Crippen LogP contribution < -0.4 is 10.1 Å². The van der Waals surface area contributed by atoms with Crippen LogP contribution in [0.5, 0.6) is 5.75 Å². The van der Waals surface area contributed by atoms with Gasteiger partial charge in [0.2, 0.25) is 0 Å². The third kappa shape index (κ3) is 4.10. The van der Waals surface area contributed by atoms with Crippen molar-refractivity contribution in [2.24, 2.45) is 0 Å². The lowest BCUT2D eigenvalue weighted by atomic mass is 10.2. The van der Waals surface area contributed by atoms with Crippen molar-refractivity contribution < 1.29 is 14.3 Å². The van der Waals surface area contributed by atoms with E-state index in [0.29, 0.717) is 0 Å². The third-order valence-corrected chi connectivity index (χ3v) is 3.26. The van der Waals surface area contributed by atoms with Crippen molar-refractivity contribution in [2.45, 2.75) is 13.1 Å². The van der Waals surface area contributed by atoms with Gasteiger partial charge in [0.15, 0.2) is 0 Å².